The largest absolute Gasteiger partial charge is 0.490 e. The normalized spacial score (nSPS) is 10.2. The van der Waals surface area contributed by atoms with Crippen LogP contribution < -0.4 is 4.74 Å². The summed E-state index contributed by atoms with van der Waals surface area (Å²) in [4.78, 5) is 0. The van der Waals surface area contributed by atoms with Crippen molar-refractivity contribution in [2.75, 3.05) is 33.5 Å². The number of hydrogen-bond donors (Lipinski definition) is 0. The highest BCUT2D eigenvalue weighted by Gasteiger charge is 1.92. The van der Waals surface area contributed by atoms with Crippen molar-refractivity contribution in [1.82, 2.24) is 0 Å². The molecule has 0 fully saturated rings. The number of rotatable bonds is 7. The average Bonchev–Trinajstić information content (AvgIpc) is 2.63. The Balaban J connectivity index is 1.90. The van der Waals surface area contributed by atoms with E-state index in [-0.39, 0.29) is 0 Å². The van der Waals surface area contributed by atoms with Crippen molar-refractivity contribution >= 4 is 11.3 Å². The van der Waals surface area contributed by atoms with Crippen LogP contribution in [0.1, 0.15) is 0 Å². The van der Waals surface area contributed by atoms with Gasteiger partial charge in [0.25, 0.3) is 0 Å². The van der Waals surface area contributed by atoms with Crippen LogP contribution in [0.4, 0.5) is 0 Å². The molecule has 1 heterocycles. The van der Waals surface area contributed by atoms with Crippen LogP contribution in [0.15, 0.2) is 16.8 Å². The number of ether oxygens (including phenoxy) is 3. The summed E-state index contributed by atoms with van der Waals surface area (Å²) in [7, 11) is 1.66. The molecule has 0 saturated carbocycles. The van der Waals surface area contributed by atoms with Crippen molar-refractivity contribution < 1.29 is 14.2 Å². The number of thiophene rings is 1. The molecule has 0 spiro atoms. The van der Waals surface area contributed by atoms with Gasteiger partial charge in [-0.2, -0.15) is 0 Å². The van der Waals surface area contributed by atoms with Crippen molar-refractivity contribution in [2.45, 2.75) is 0 Å². The Hall–Kier alpha value is -0.580. The fourth-order valence-electron chi connectivity index (χ4n) is 0.797. The molecule has 0 N–H and O–H groups in total. The average molecular weight is 202 g/mol. The van der Waals surface area contributed by atoms with E-state index in [1.165, 1.54) is 0 Å². The van der Waals surface area contributed by atoms with Crippen LogP contribution in [0.2, 0.25) is 0 Å². The van der Waals surface area contributed by atoms with Gasteiger partial charge >= 0.3 is 0 Å². The molecule has 0 atom stereocenters. The Morgan fingerprint density at radius 1 is 1.23 bits per heavy atom. The van der Waals surface area contributed by atoms with Gasteiger partial charge in [0.05, 0.1) is 19.8 Å². The molecule has 0 aromatic carbocycles. The summed E-state index contributed by atoms with van der Waals surface area (Å²) in [6, 6.07) is 1.94. The van der Waals surface area contributed by atoms with Crippen LogP contribution in [0.5, 0.6) is 5.75 Å². The summed E-state index contributed by atoms with van der Waals surface area (Å²) in [6.07, 6.45) is 0. The topological polar surface area (TPSA) is 27.7 Å². The predicted molar refractivity (Wildman–Crippen MR) is 52.5 cm³/mol. The number of methoxy groups -OCH3 is 1. The highest BCUT2D eigenvalue weighted by Crippen LogP contribution is 2.14. The van der Waals surface area contributed by atoms with Crippen LogP contribution in [-0.2, 0) is 9.47 Å². The van der Waals surface area contributed by atoms with Gasteiger partial charge in [-0.3, -0.25) is 0 Å². The molecular formula is C9H14O3S. The van der Waals surface area contributed by atoms with E-state index in [2.05, 4.69) is 0 Å². The van der Waals surface area contributed by atoms with Crippen LogP contribution >= 0.6 is 11.3 Å². The van der Waals surface area contributed by atoms with Crippen LogP contribution in [0, 0.1) is 0 Å². The van der Waals surface area contributed by atoms with Gasteiger partial charge in [0.2, 0.25) is 0 Å². The number of hydrogen-bond acceptors (Lipinski definition) is 4. The van der Waals surface area contributed by atoms with E-state index in [1.54, 1.807) is 18.4 Å². The molecule has 1 rings (SSSR count). The van der Waals surface area contributed by atoms with Gasteiger partial charge in [0, 0.05) is 12.5 Å². The van der Waals surface area contributed by atoms with Crippen molar-refractivity contribution in [3.8, 4) is 5.75 Å². The Morgan fingerprint density at radius 2 is 2.08 bits per heavy atom. The van der Waals surface area contributed by atoms with E-state index in [4.69, 9.17) is 14.2 Å². The molecule has 3 nitrogen and oxygen atoms in total. The summed E-state index contributed by atoms with van der Waals surface area (Å²) < 4.78 is 15.4. The lowest BCUT2D eigenvalue weighted by Crippen LogP contribution is -2.09. The highest BCUT2D eigenvalue weighted by atomic mass is 32.1. The molecular weight excluding hydrogens is 188 g/mol. The first kappa shape index (κ1) is 10.5. The first-order chi connectivity index (χ1) is 6.43. The predicted octanol–water partition coefficient (Wildman–Crippen LogP) is 1.79. The maximum atomic E-state index is 5.37. The Bertz CT molecular complexity index is 199. The van der Waals surface area contributed by atoms with E-state index in [0.717, 1.165) is 5.75 Å². The molecule has 1 aromatic rings. The monoisotopic (exact) mass is 202 g/mol. The van der Waals surface area contributed by atoms with Gasteiger partial charge < -0.3 is 14.2 Å². The molecule has 0 radical (unpaired) electrons. The fraction of sp³-hybridized carbons (Fsp3) is 0.556. The molecule has 1 aromatic heterocycles. The van der Waals surface area contributed by atoms with Gasteiger partial charge in [0.1, 0.15) is 12.4 Å². The van der Waals surface area contributed by atoms with Crippen molar-refractivity contribution in [3.63, 3.8) is 0 Å². The molecule has 0 aliphatic carbocycles. The summed E-state index contributed by atoms with van der Waals surface area (Å²) in [5.74, 6) is 0.917. The van der Waals surface area contributed by atoms with E-state index in [9.17, 15) is 0 Å². The van der Waals surface area contributed by atoms with Crippen molar-refractivity contribution in [3.05, 3.63) is 16.8 Å². The summed E-state index contributed by atoms with van der Waals surface area (Å²) in [5, 5.41) is 3.95. The lowest BCUT2D eigenvalue weighted by atomic mass is 10.6. The van der Waals surface area contributed by atoms with E-state index in [1.807, 2.05) is 16.8 Å². The molecule has 13 heavy (non-hydrogen) atoms. The quantitative estimate of drug-likeness (QED) is 0.631. The SMILES string of the molecule is COCCOCCOc1ccsc1. The Labute approximate surface area is 82.2 Å². The lowest BCUT2D eigenvalue weighted by molar-refractivity contribution is 0.0545. The van der Waals surface area contributed by atoms with Gasteiger partial charge in [-0.15, -0.1) is 11.3 Å². The minimum absolute atomic E-state index is 0.598. The Kier molecular flexibility index (Phi) is 5.56. The van der Waals surface area contributed by atoms with Crippen LogP contribution in [0.3, 0.4) is 0 Å². The van der Waals surface area contributed by atoms with Gasteiger partial charge in [-0.05, 0) is 11.4 Å². The summed E-state index contributed by atoms with van der Waals surface area (Å²) in [6.45, 7) is 2.47. The first-order valence-electron chi connectivity index (χ1n) is 4.15. The van der Waals surface area contributed by atoms with E-state index >= 15 is 0 Å². The third-order valence-corrected chi connectivity index (χ3v) is 2.08. The van der Waals surface area contributed by atoms with E-state index in [0.29, 0.717) is 26.4 Å². The zero-order chi connectivity index (χ0) is 9.36. The standard InChI is InChI=1S/C9H14O3S/c1-10-3-4-11-5-6-12-9-2-7-13-8-9/h2,7-8H,3-6H2,1H3. The van der Waals surface area contributed by atoms with Gasteiger partial charge in [0.15, 0.2) is 0 Å². The molecule has 4 heteroatoms. The second-order valence-corrected chi connectivity index (χ2v) is 3.19. The van der Waals surface area contributed by atoms with Crippen molar-refractivity contribution in [1.29, 1.82) is 0 Å². The van der Waals surface area contributed by atoms with Crippen molar-refractivity contribution in [2.24, 2.45) is 0 Å². The lowest BCUT2D eigenvalue weighted by Gasteiger charge is -2.04. The molecule has 0 aliphatic rings. The van der Waals surface area contributed by atoms with Gasteiger partial charge in [-0.25, -0.2) is 0 Å². The molecule has 74 valence electrons. The van der Waals surface area contributed by atoms with Gasteiger partial charge in [-0.1, -0.05) is 0 Å². The van der Waals surface area contributed by atoms with E-state index < -0.39 is 0 Å². The maximum Gasteiger partial charge on any atom is 0.130 e. The maximum absolute atomic E-state index is 5.37. The third-order valence-electron chi connectivity index (χ3n) is 1.42. The fourth-order valence-corrected chi connectivity index (χ4v) is 1.37. The second-order valence-electron chi connectivity index (χ2n) is 2.41. The molecule has 0 bridgehead atoms. The smallest absolute Gasteiger partial charge is 0.130 e. The minimum Gasteiger partial charge on any atom is -0.490 e. The zero-order valence-electron chi connectivity index (χ0n) is 7.69. The second kappa shape index (κ2) is 6.88. The highest BCUT2D eigenvalue weighted by molar-refractivity contribution is 7.08. The summed E-state index contributed by atoms with van der Waals surface area (Å²) >= 11 is 1.63. The third kappa shape index (κ3) is 4.87. The minimum atomic E-state index is 0.598. The van der Waals surface area contributed by atoms with Crippen LogP contribution in [-0.4, -0.2) is 33.5 Å². The Morgan fingerprint density at radius 3 is 2.77 bits per heavy atom. The zero-order valence-corrected chi connectivity index (χ0v) is 8.51. The summed E-state index contributed by atoms with van der Waals surface area (Å²) in [5.41, 5.74) is 0. The molecule has 0 unspecified atom stereocenters. The first-order valence-corrected chi connectivity index (χ1v) is 5.09. The molecule has 0 saturated heterocycles. The molecule has 0 amide bonds. The van der Waals surface area contributed by atoms with Crippen LogP contribution in [0.25, 0.3) is 0 Å². The molecule has 0 aliphatic heterocycles.